The van der Waals surface area contributed by atoms with Gasteiger partial charge in [-0.15, -0.1) is 0 Å². The van der Waals surface area contributed by atoms with E-state index < -0.39 is 5.54 Å². The molecule has 92 valence electrons. The van der Waals surface area contributed by atoms with Crippen LogP contribution < -0.4 is 5.73 Å². The summed E-state index contributed by atoms with van der Waals surface area (Å²) in [7, 11) is 0. The van der Waals surface area contributed by atoms with Crippen LogP contribution in [0.3, 0.4) is 0 Å². The van der Waals surface area contributed by atoms with Gasteiger partial charge < -0.3 is 10.5 Å². The molecule has 0 aliphatic heterocycles. The standard InChI is InChI=1S/C14H20N2O/c1-14(16,12-15)9-5-10-17-11-8-13-6-3-2-4-7-13/h2-4,6-7H,5,8-11,16H2,1H3. The number of nitrogens with zero attached hydrogens (tertiary/aromatic N) is 1. The number of ether oxygens (including phenoxy) is 1. The summed E-state index contributed by atoms with van der Waals surface area (Å²) < 4.78 is 5.51. The number of rotatable bonds is 7. The van der Waals surface area contributed by atoms with Crippen LogP contribution in [0.25, 0.3) is 0 Å². The maximum Gasteiger partial charge on any atom is 0.101 e. The van der Waals surface area contributed by atoms with Crippen molar-refractivity contribution in [3.63, 3.8) is 0 Å². The first kappa shape index (κ1) is 13.7. The van der Waals surface area contributed by atoms with Crippen LogP contribution in [0.1, 0.15) is 25.3 Å². The molecular weight excluding hydrogens is 212 g/mol. The van der Waals surface area contributed by atoms with Gasteiger partial charge >= 0.3 is 0 Å². The zero-order valence-electron chi connectivity index (χ0n) is 10.4. The van der Waals surface area contributed by atoms with E-state index in [1.807, 2.05) is 18.2 Å². The summed E-state index contributed by atoms with van der Waals surface area (Å²) in [6.45, 7) is 3.14. The van der Waals surface area contributed by atoms with Crippen molar-refractivity contribution in [3.8, 4) is 6.07 Å². The molecule has 0 saturated carbocycles. The van der Waals surface area contributed by atoms with Crippen LogP contribution in [0, 0.1) is 11.3 Å². The molecule has 2 N–H and O–H groups in total. The minimum absolute atomic E-state index is 0.668. The highest BCUT2D eigenvalue weighted by Gasteiger charge is 2.15. The zero-order valence-corrected chi connectivity index (χ0v) is 10.4. The average molecular weight is 232 g/mol. The van der Waals surface area contributed by atoms with E-state index in [0.717, 1.165) is 19.4 Å². The van der Waals surface area contributed by atoms with E-state index in [0.29, 0.717) is 13.0 Å². The van der Waals surface area contributed by atoms with Gasteiger partial charge in [-0.25, -0.2) is 0 Å². The van der Waals surface area contributed by atoms with Crippen LogP contribution in [0.4, 0.5) is 0 Å². The van der Waals surface area contributed by atoms with Crippen molar-refractivity contribution in [2.45, 2.75) is 31.7 Å². The summed E-state index contributed by atoms with van der Waals surface area (Å²) in [5, 5.41) is 8.73. The van der Waals surface area contributed by atoms with E-state index in [1.54, 1.807) is 6.92 Å². The molecule has 0 heterocycles. The highest BCUT2D eigenvalue weighted by Crippen LogP contribution is 2.07. The summed E-state index contributed by atoms with van der Waals surface area (Å²) in [6, 6.07) is 12.3. The van der Waals surface area contributed by atoms with Gasteiger partial charge in [0.1, 0.15) is 5.54 Å². The Morgan fingerprint density at radius 3 is 2.65 bits per heavy atom. The fourth-order valence-corrected chi connectivity index (χ4v) is 1.53. The summed E-state index contributed by atoms with van der Waals surface area (Å²) in [4.78, 5) is 0. The number of hydrogen-bond donors (Lipinski definition) is 1. The number of hydrogen-bond acceptors (Lipinski definition) is 3. The van der Waals surface area contributed by atoms with Gasteiger partial charge in [0.15, 0.2) is 0 Å². The molecule has 1 aromatic rings. The average Bonchev–Trinajstić information content (AvgIpc) is 2.35. The minimum Gasteiger partial charge on any atom is -0.381 e. The largest absolute Gasteiger partial charge is 0.381 e. The van der Waals surface area contributed by atoms with Gasteiger partial charge in [-0.1, -0.05) is 30.3 Å². The van der Waals surface area contributed by atoms with Gasteiger partial charge in [0.2, 0.25) is 0 Å². The Balaban J connectivity index is 2.04. The number of nitriles is 1. The quantitative estimate of drug-likeness (QED) is 0.734. The second kappa shape index (κ2) is 7.05. The molecule has 0 fully saturated rings. The van der Waals surface area contributed by atoms with E-state index in [4.69, 9.17) is 15.7 Å². The van der Waals surface area contributed by atoms with E-state index in [2.05, 4.69) is 18.2 Å². The molecule has 0 aliphatic rings. The summed E-state index contributed by atoms with van der Waals surface area (Å²) in [5.74, 6) is 0. The van der Waals surface area contributed by atoms with E-state index >= 15 is 0 Å². The lowest BCUT2D eigenvalue weighted by Gasteiger charge is -2.14. The van der Waals surface area contributed by atoms with Crippen molar-refractivity contribution in [3.05, 3.63) is 35.9 Å². The zero-order chi connectivity index (χ0) is 12.6. The minimum atomic E-state index is -0.719. The van der Waals surface area contributed by atoms with Crippen molar-refractivity contribution >= 4 is 0 Å². The van der Waals surface area contributed by atoms with Crippen molar-refractivity contribution in [1.29, 1.82) is 5.26 Å². The molecule has 0 radical (unpaired) electrons. The second-order valence-corrected chi connectivity index (χ2v) is 4.48. The number of nitrogens with two attached hydrogens (primary N) is 1. The van der Waals surface area contributed by atoms with Gasteiger partial charge in [-0.2, -0.15) is 5.26 Å². The normalized spacial score (nSPS) is 13.9. The van der Waals surface area contributed by atoms with Crippen LogP contribution in [-0.2, 0) is 11.2 Å². The van der Waals surface area contributed by atoms with Gasteiger partial charge in [-0.05, 0) is 31.7 Å². The fourth-order valence-electron chi connectivity index (χ4n) is 1.53. The van der Waals surface area contributed by atoms with E-state index in [-0.39, 0.29) is 0 Å². The first-order valence-corrected chi connectivity index (χ1v) is 5.96. The third-order valence-corrected chi connectivity index (χ3v) is 2.62. The van der Waals surface area contributed by atoms with Gasteiger partial charge in [-0.3, -0.25) is 0 Å². The lowest BCUT2D eigenvalue weighted by molar-refractivity contribution is 0.130. The first-order valence-electron chi connectivity index (χ1n) is 5.96. The molecule has 0 aromatic heterocycles. The molecule has 1 unspecified atom stereocenters. The summed E-state index contributed by atoms with van der Waals surface area (Å²) in [6.07, 6.45) is 2.43. The third-order valence-electron chi connectivity index (χ3n) is 2.62. The van der Waals surface area contributed by atoms with Crippen LogP contribution >= 0.6 is 0 Å². The van der Waals surface area contributed by atoms with Gasteiger partial charge in [0, 0.05) is 6.61 Å². The predicted octanol–water partition coefficient (Wildman–Crippen LogP) is 2.27. The van der Waals surface area contributed by atoms with Crippen LogP contribution in [0.5, 0.6) is 0 Å². The molecular formula is C14H20N2O. The topological polar surface area (TPSA) is 59.0 Å². The smallest absolute Gasteiger partial charge is 0.101 e. The Morgan fingerprint density at radius 2 is 2.00 bits per heavy atom. The maximum atomic E-state index is 8.73. The fraction of sp³-hybridized carbons (Fsp3) is 0.500. The third kappa shape index (κ3) is 6.06. The van der Waals surface area contributed by atoms with E-state index in [1.165, 1.54) is 5.56 Å². The summed E-state index contributed by atoms with van der Waals surface area (Å²) >= 11 is 0. The molecule has 0 aliphatic carbocycles. The molecule has 0 bridgehead atoms. The SMILES string of the molecule is CC(N)(C#N)CCCOCCc1ccccc1. The molecule has 17 heavy (non-hydrogen) atoms. The molecule has 0 amide bonds. The molecule has 3 heteroatoms. The van der Waals surface area contributed by atoms with Gasteiger partial charge in [0.25, 0.3) is 0 Å². The van der Waals surface area contributed by atoms with Crippen molar-refractivity contribution < 1.29 is 4.74 Å². The molecule has 1 rings (SSSR count). The lowest BCUT2D eigenvalue weighted by atomic mass is 10.00. The Bertz CT molecular complexity index is 354. The Labute approximate surface area is 103 Å². The number of benzene rings is 1. The summed E-state index contributed by atoms with van der Waals surface area (Å²) in [5.41, 5.74) is 6.27. The highest BCUT2D eigenvalue weighted by molar-refractivity contribution is 5.14. The lowest BCUT2D eigenvalue weighted by Crippen LogP contribution is -2.34. The predicted molar refractivity (Wildman–Crippen MR) is 68.4 cm³/mol. The molecule has 1 atom stereocenters. The van der Waals surface area contributed by atoms with Crippen LogP contribution in [0.2, 0.25) is 0 Å². The monoisotopic (exact) mass is 232 g/mol. The van der Waals surface area contributed by atoms with Crippen molar-refractivity contribution in [1.82, 2.24) is 0 Å². The highest BCUT2D eigenvalue weighted by atomic mass is 16.5. The first-order chi connectivity index (χ1) is 8.14. The Kier molecular flexibility index (Phi) is 5.68. The second-order valence-electron chi connectivity index (χ2n) is 4.48. The van der Waals surface area contributed by atoms with Crippen molar-refractivity contribution in [2.75, 3.05) is 13.2 Å². The Hall–Kier alpha value is -1.37. The maximum absolute atomic E-state index is 8.73. The molecule has 3 nitrogen and oxygen atoms in total. The van der Waals surface area contributed by atoms with Crippen LogP contribution in [-0.4, -0.2) is 18.8 Å². The Morgan fingerprint density at radius 1 is 1.29 bits per heavy atom. The van der Waals surface area contributed by atoms with E-state index in [9.17, 15) is 0 Å². The molecule has 1 aromatic carbocycles. The molecule has 0 saturated heterocycles. The molecule has 0 spiro atoms. The van der Waals surface area contributed by atoms with Crippen molar-refractivity contribution in [2.24, 2.45) is 5.73 Å². The van der Waals surface area contributed by atoms with Crippen LogP contribution in [0.15, 0.2) is 30.3 Å². The van der Waals surface area contributed by atoms with Gasteiger partial charge in [0.05, 0.1) is 12.7 Å².